The monoisotopic (exact) mass is 317 g/mol. The van der Waals surface area contributed by atoms with Crippen LogP contribution in [0.15, 0.2) is 24.3 Å². The normalized spacial score (nSPS) is 12.4. The molecule has 3 rings (SSSR count). The topological polar surface area (TPSA) is 85.5 Å². The molecule has 23 heavy (non-hydrogen) atoms. The van der Waals surface area contributed by atoms with Crippen molar-refractivity contribution in [3.8, 4) is 22.8 Å². The predicted octanol–water partition coefficient (Wildman–Crippen LogP) is 1.96. The summed E-state index contributed by atoms with van der Waals surface area (Å²) >= 11 is 0. The first-order valence-electron chi connectivity index (χ1n) is 7.59. The number of nitrogens with zero attached hydrogens (tertiary/aromatic N) is 1. The lowest BCUT2D eigenvalue weighted by Crippen LogP contribution is -2.25. The van der Waals surface area contributed by atoms with Gasteiger partial charge in [0.15, 0.2) is 11.5 Å². The van der Waals surface area contributed by atoms with Gasteiger partial charge in [0.2, 0.25) is 6.79 Å². The average molecular weight is 317 g/mol. The molecule has 0 unspecified atom stereocenters. The molecular weight excluding hydrogens is 298 g/mol. The summed E-state index contributed by atoms with van der Waals surface area (Å²) in [6.45, 7) is 4.07. The molecule has 2 aromatic rings. The van der Waals surface area contributed by atoms with E-state index < -0.39 is 0 Å². The van der Waals surface area contributed by atoms with Crippen molar-refractivity contribution < 1.29 is 19.0 Å². The van der Waals surface area contributed by atoms with Crippen LogP contribution in [0.3, 0.4) is 0 Å². The van der Waals surface area contributed by atoms with Crippen LogP contribution >= 0.6 is 0 Å². The summed E-state index contributed by atoms with van der Waals surface area (Å²) in [5, 5.41) is 9.77. The Hall–Kier alpha value is -2.54. The summed E-state index contributed by atoms with van der Waals surface area (Å²) in [5.41, 5.74) is 1.97. The van der Waals surface area contributed by atoms with E-state index in [1.165, 1.54) is 0 Å². The predicted molar refractivity (Wildman–Crippen MR) is 83.6 cm³/mol. The molecule has 0 saturated heterocycles. The minimum absolute atomic E-state index is 0.180. The van der Waals surface area contributed by atoms with E-state index in [-0.39, 0.29) is 12.7 Å². The molecule has 0 radical (unpaired) electrons. The fourth-order valence-electron chi connectivity index (χ4n) is 2.26. The van der Waals surface area contributed by atoms with E-state index in [9.17, 15) is 4.79 Å². The van der Waals surface area contributed by atoms with E-state index >= 15 is 0 Å². The highest BCUT2D eigenvalue weighted by atomic mass is 16.7. The van der Waals surface area contributed by atoms with Crippen molar-refractivity contribution >= 4 is 5.91 Å². The van der Waals surface area contributed by atoms with Crippen LogP contribution in [0.1, 0.15) is 23.8 Å². The molecule has 122 valence electrons. The zero-order valence-corrected chi connectivity index (χ0v) is 12.9. The molecule has 0 spiro atoms. The maximum absolute atomic E-state index is 12.0. The quantitative estimate of drug-likeness (QED) is 0.763. The summed E-state index contributed by atoms with van der Waals surface area (Å²) in [4.78, 5) is 12.0. The van der Waals surface area contributed by atoms with Crippen LogP contribution in [0.2, 0.25) is 0 Å². The Labute approximate surface area is 133 Å². The van der Waals surface area contributed by atoms with Gasteiger partial charge in [-0.1, -0.05) is 0 Å². The van der Waals surface area contributed by atoms with Gasteiger partial charge in [-0.15, -0.1) is 0 Å². The Morgan fingerprint density at radius 3 is 3.09 bits per heavy atom. The summed E-state index contributed by atoms with van der Waals surface area (Å²) in [5.74, 6) is 1.23. The van der Waals surface area contributed by atoms with Crippen molar-refractivity contribution in [2.24, 2.45) is 0 Å². The third-order valence-corrected chi connectivity index (χ3v) is 3.45. The molecule has 7 nitrogen and oxygen atoms in total. The summed E-state index contributed by atoms with van der Waals surface area (Å²) in [6.07, 6.45) is 0.780. The number of benzene rings is 1. The van der Waals surface area contributed by atoms with Crippen molar-refractivity contribution in [3.05, 3.63) is 30.0 Å². The number of H-pyrrole nitrogens is 1. The fraction of sp³-hybridized carbons (Fsp3) is 0.375. The van der Waals surface area contributed by atoms with Gasteiger partial charge in [0, 0.05) is 25.3 Å². The van der Waals surface area contributed by atoms with Crippen LogP contribution < -0.4 is 14.8 Å². The minimum Gasteiger partial charge on any atom is -0.454 e. The second-order valence-corrected chi connectivity index (χ2v) is 5.04. The Balaban J connectivity index is 1.60. The second-order valence-electron chi connectivity index (χ2n) is 5.04. The number of aromatic amines is 1. The molecule has 1 aliphatic heterocycles. The third kappa shape index (κ3) is 3.62. The van der Waals surface area contributed by atoms with Crippen molar-refractivity contribution in [3.63, 3.8) is 0 Å². The number of ether oxygens (including phenoxy) is 3. The first-order valence-corrected chi connectivity index (χ1v) is 7.59. The molecule has 0 aliphatic carbocycles. The molecule has 0 bridgehead atoms. The maximum atomic E-state index is 12.0. The minimum atomic E-state index is -0.180. The molecule has 0 saturated carbocycles. The molecular formula is C16H19N3O4. The second kappa shape index (κ2) is 7.15. The molecule has 0 atom stereocenters. The van der Waals surface area contributed by atoms with Crippen LogP contribution in [0.4, 0.5) is 0 Å². The van der Waals surface area contributed by atoms with E-state index in [2.05, 4.69) is 15.5 Å². The van der Waals surface area contributed by atoms with E-state index in [0.29, 0.717) is 36.9 Å². The van der Waals surface area contributed by atoms with Gasteiger partial charge >= 0.3 is 0 Å². The number of carbonyl (C=O) groups excluding carboxylic acids is 1. The zero-order valence-electron chi connectivity index (χ0n) is 12.9. The highest BCUT2D eigenvalue weighted by Gasteiger charge is 2.16. The highest BCUT2D eigenvalue weighted by Crippen LogP contribution is 2.35. The van der Waals surface area contributed by atoms with Gasteiger partial charge < -0.3 is 19.5 Å². The average Bonchev–Trinajstić information content (AvgIpc) is 3.22. The summed E-state index contributed by atoms with van der Waals surface area (Å²) in [6, 6.07) is 7.28. The van der Waals surface area contributed by atoms with Crippen molar-refractivity contribution in [2.75, 3.05) is 26.6 Å². The van der Waals surface area contributed by atoms with Crippen molar-refractivity contribution in [2.45, 2.75) is 13.3 Å². The van der Waals surface area contributed by atoms with Gasteiger partial charge in [-0.05, 0) is 37.6 Å². The number of aromatic nitrogens is 2. The molecule has 1 aliphatic rings. The Morgan fingerprint density at radius 2 is 2.22 bits per heavy atom. The SMILES string of the molecule is CCOCCCNC(=O)c1cc(-c2ccc3c(c2)OCO3)n[nH]1. The number of fused-ring (bicyclic) bond motifs is 1. The Bertz CT molecular complexity index is 684. The molecule has 2 N–H and O–H groups in total. The third-order valence-electron chi connectivity index (χ3n) is 3.45. The van der Waals surface area contributed by atoms with E-state index in [1.807, 2.05) is 25.1 Å². The van der Waals surface area contributed by atoms with E-state index in [0.717, 1.165) is 17.7 Å². The number of carbonyl (C=O) groups is 1. The lowest BCUT2D eigenvalue weighted by atomic mass is 10.1. The van der Waals surface area contributed by atoms with E-state index in [4.69, 9.17) is 14.2 Å². The molecule has 0 fully saturated rings. The van der Waals surface area contributed by atoms with Gasteiger partial charge in [-0.25, -0.2) is 0 Å². The van der Waals surface area contributed by atoms with Crippen LogP contribution in [-0.4, -0.2) is 42.7 Å². The van der Waals surface area contributed by atoms with Gasteiger partial charge in [0.05, 0.1) is 5.69 Å². The number of nitrogens with one attached hydrogen (secondary N) is 2. The Morgan fingerprint density at radius 1 is 1.35 bits per heavy atom. The van der Waals surface area contributed by atoms with Crippen molar-refractivity contribution in [1.82, 2.24) is 15.5 Å². The first-order chi connectivity index (χ1) is 11.3. The largest absolute Gasteiger partial charge is 0.454 e. The number of rotatable bonds is 7. The smallest absolute Gasteiger partial charge is 0.269 e. The van der Waals surface area contributed by atoms with Gasteiger partial charge in [-0.2, -0.15) is 5.10 Å². The van der Waals surface area contributed by atoms with Gasteiger partial charge in [0.25, 0.3) is 5.91 Å². The van der Waals surface area contributed by atoms with Crippen LogP contribution in [0.25, 0.3) is 11.3 Å². The summed E-state index contributed by atoms with van der Waals surface area (Å²) in [7, 11) is 0. The highest BCUT2D eigenvalue weighted by molar-refractivity contribution is 5.93. The number of amides is 1. The molecule has 1 aromatic heterocycles. The Kier molecular flexibility index (Phi) is 4.77. The van der Waals surface area contributed by atoms with Crippen LogP contribution in [0.5, 0.6) is 11.5 Å². The summed E-state index contributed by atoms with van der Waals surface area (Å²) < 4.78 is 15.9. The van der Waals surface area contributed by atoms with E-state index in [1.54, 1.807) is 6.07 Å². The number of hydrogen-bond acceptors (Lipinski definition) is 5. The lowest BCUT2D eigenvalue weighted by molar-refractivity contribution is 0.0939. The molecule has 7 heteroatoms. The standard InChI is InChI=1S/C16H19N3O4/c1-2-21-7-3-6-17-16(20)13-9-12(18-19-13)11-4-5-14-15(8-11)23-10-22-14/h4-5,8-9H,2-3,6-7,10H2,1H3,(H,17,20)(H,18,19). The molecule has 1 amide bonds. The van der Waals surface area contributed by atoms with Crippen molar-refractivity contribution in [1.29, 1.82) is 0 Å². The lowest BCUT2D eigenvalue weighted by Gasteiger charge is -2.03. The first kappa shape index (κ1) is 15.4. The van der Waals surface area contributed by atoms with Gasteiger partial charge in [0.1, 0.15) is 5.69 Å². The van der Waals surface area contributed by atoms with Crippen LogP contribution in [0, 0.1) is 0 Å². The van der Waals surface area contributed by atoms with Crippen LogP contribution in [-0.2, 0) is 4.74 Å². The molecule has 1 aromatic carbocycles. The zero-order chi connectivity index (χ0) is 16.1. The molecule has 2 heterocycles. The maximum Gasteiger partial charge on any atom is 0.269 e. The van der Waals surface area contributed by atoms with Gasteiger partial charge in [-0.3, -0.25) is 9.89 Å². The number of hydrogen-bond donors (Lipinski definition) is 2. The fourth-order valence-corrected chi connectivity index (χ4v) is 2.26.